The lowest BCUT2D eigenvalue weighted by Gasteiger charge is -2.22. The molecule has 0 aliphatic carbocycles. The largest absolute Gasteiger partial charge is 0.496 e. The third kappa shape index (κ3) is 3.47. The van der Waals surface area contributed by atoms with E-state index in [1.807, 2.05) is 6.07 Å². The van der Waals surface area contributed by atoms with E-state index in [4.69, 9.17) is 9.84 Å². The van der Waals surface area contributed by atoms with Crippen LogP contribution >= 0.6 is 11.3 Å². The lowest BCUT2D eigenvalue weighted by Crippen LogP contribution is -2.20. The van der Waals surface area contributed by atoms with Gasteiger partial charge in [0.2, 0.25) is 0 Å². The van der Waals surface area contributed by atoms with Crippen LogP contribution in [0.3, 0.4) is 0 Å². The van der Waals surface area contributed by atoms with E-state index < -0.39 is 5.97 Å². The molecule has 1 heterocycles. The number of aromatic nitrogens is 1. The summed E-state index contributed by atoms with van der Waals surface area (Å²) in [4.78, 5) is 15.2. The van der Waals surface area contributed by atoms with Crippen molar-refractivity contribution in [3.8, 4) is 5.75 Å². The Balaban J connectivity index is 2.25. The molecule has 22 heavy (non-hydrogen) atoms. The Kier molecular flexibility index (Phi) is 4.86. The SMILES string of the molecule is CCc1cc(CC(C)(C)c2nc(C(=O)O)cs2)ccc1OC. The van der Waals surface area contributed by atoms with Crippen molar-refractivity contribution in [3.63, 3.8) is 0 Å². The fraction of sp³-hybridized carbons (Fsp3) is 0.412. The summed E-state index contributed by atoms with van der Waals surface area (Å²) in [5.74, 6) is -0.0671. The third-order valence-corrected chi connectivity index (χ3v) is 4.88. The number of hydrogen-bond acceptors (Lipinski definition) is 4. The zero-order valence-corrected chi connectivity index (χ0v) is 14.2. The number of carbonyl (C=O) groups is 1. The Morgan fingerprint density at radius 1 is 1.41 bits per heavy atom. The molecule has 0 saturated carbocycles. The number of methoxy groups -OCH3 is 1. The summed E-state index contributed by atoms with van der Waals surface area (Å²) in [6.45, 7) is 6.29. The second-order valence-corrected chi connectivity index (χ2v) is 6.76. The van der Waals surface area contributed by atoms with E-state index in [1.165, 1.54) is 22.5 Å². The van der Waals surface area contributed by atoms with Gasteiger partial charge < -0.3 is 9.84 Å². The van der Waals surface area contributed by atoms with Gasteiger partial charge >= 0.3 is 5.97 Å². The van der Waals surface area contributed by atoms with Gasteiger partial charge in [-0.05, 0) is 30.0 Å². The molecule has 2 aromatic rings. The number of rotatable bonds is 6. The highest BCUT2D eigenvalue weighted by Gasteiger charge is 2.26. The molecule has 0 unspecified atom stereocenters. The fourth-order valence-corrected chi connectivity index (χ4v) is 3.41. The highest BCUT2D eigenvalue weighted by atomic mass is 32.1. The summed E-state index contributed by atoms with van der Waals surface area (Å²) in [6.07, 6.45) is 1.72. The van der Waals surface area contributed by atoms with E-state index in [9.17, 15) is 4.79 Å². The molecule has 118 valence electrons. The molecule has 0 amide bonds. The number of ether oxygens (including phenoxy) is 1. The van der Waals surface area contributed by atoms with Crippen molar-refractivity contribution in [2.45, 2.75) is 39.0 Å². The van der Waals surface area contributed by atoms with E-state index >= 15 is 0 Å². The van der Waals surface area contributed by atoms with Gasteiger partial charge in [-0.3, -0.25) is 0 Å². The standard InChI is InChI=1S/C17H21NO3S/c1-5-12-8-11(6-7-14(12)21-4)9-17(2,3)16-18-13(10-22-16)15(19)20/h6-8,10H,5,9H2,1-4H3,(H,19,20). The van der Waals surface area contributed by atoms with Crippen LogP contribution in [-0.4, -0.2) is 23.2 Å². The van der Waals surface area contributed by atoms with Crippen LogP contribution in [0.25, 0.3) is 0 Å². The van der Waals surface area contributed by atoms with Crippen molar-refractivity contribution in [3.05, 3.63) is 45.4 Å². The summed E-state index contributed by atoms with van der Waals surface area (Å²) in [6, 6.07) is 6.21. The minimum Gasteiger partial charge on any atom is -0.496 e. The van der Waals surface area contributed by atoms with E-state index in [2.05, 4.69) is 37.9 Å². The predicted octanol–water partition coefficient (Wildman–Crippen LogP) is 3.93. The van der Waals surface area contributed by atoms with Crippen LogP contribution in [0.4, 0.5) is 0 Å². The number of benzene rings is 1. The van der Waals surface area contributed by atoms with Gasteiger partial charge in [0.05, 0.1) is 12.1 Å². The number of hydrogen-bond donors (Lipinski definition) is 1. The van der Waals surface area contributed by atoms with Crippen molar-refractivity contribution in [1.29, 1.82) is 0 Å². The lowest BCUT2D eigenvalue weighted by atomic mass is 9.85. The first-order valence-corrected chi connectivity index (χ1v) is 8.10. The molecule has 0 fully saturated rings. The molecular formula is C17H21NO3S. The highest BCUT2D eigenvalue weighted by Crippen LogP contribution is 2.31. The van der Waals surface area contributed by atoms with E-state index in [0.717, 1.165) is 23.6 Å². The summed E-state index contributed by atoms with van der Waals surface area (Å²) in [5, 5.41) is 11.5. The molecule has 1 N–H and O–H groups in total. The first kappa shape index (κ1) is 16.5. The first-order valence-electron chi connectivity index (χ1n) is 7.22. The second-order valence-electron chi connectivity index (χ2n) is 5.90. The number of aryl methyl sites for hydroxylation is 1. The van der Waals surface area contributed by atoms with E-state index in [-0.39, 0.29) is 11.1 Å². The van der Waals surface area contributed by atoms with Gasteiger partial charge in [0, 0.05) is 10.8 Å². The topological polar surface area (TPSA) is 59.4 Å². The molecule has 0 spiro atoms. The number of aromatic carboxylic acids is 1. The van der Waals surface area contributed by atoms with Gasteiger partial charge in [-0.15, -0.1) is 11.3 Å². The summed E-state index contributed by atoms with van der Waals surface area (Å²) in [7, 11) is 1.68. The molecule has 4 nitrogen and oxygen atoms in total. The molecule has 0 saturated heterocycles. The predicted molar refractivity (Wildman–Crippen MR) is 88.2 cm³/mol. The molecular weight excluding hydrogens is 298 g/mol. The van der Waals surface area contributed by atoms with Crippen LogP contribution in [-0.2, 0) is 18.3 Å². The monoisotopic (exact) mass is 319 g/mol. The average Bonchev–Trinajstić information content (AvgIpc) is 2.97. The molecule has 0 aliphatic rings. The summed E-state index contributed by atoms with van der Waals surface area (Å²) < 4.78 is 5.36. The highest BCUT2D eigenvalue weighted by molar-refractivity contribution is 7.10. The number of carboxylic acids is 1. The van der Waals surface area contributed by atoms with Gasteiger partial charge in [-0.2, -0.15) is 0 Å². The zero-order chi connectivity index (χ0) is 16.3. The molecule has 1 aromatic heterocycles. The maximum absolute atomic E-state index is 11.0. The smallest absolute Gasteiger partial charge is 0.355 e. The van der Waals surface area contributed by atoms with E-state index in [0.29, 0.717) is 0 Å². The maximum Gasteiger partial charge on any atom is 0.355 e. The van der Waals surface area contributed by atoms with Crippen molar-refractivity contribution >= 4 is 17.3 Å². The van der Waals surface area contributed by atoms with Gasteiger partial charge in [0.25, 0.3) is 0 Å². The van der Waals surface area contributed by atoms with Gasteiger partial charge in [0.1, 0.15) is 5.75 Å². The molecule has 2 rings (SSSR count). The summed E-state index contributed by atoms with van der Waals surface area (Å²) >= 11 is 1.41. The number of nitrogens with zero attached hydrogens (tertiary/aromatic N) is 1. The molecule has 0 atom stereocenters. The van der Waals surface area contributed by atoms with Crippen LogP contribution in [0.5, 0.6) is 5.75 Å². The van der Waals surface area contributed by atoms with E-state index in [1.54, 1.807) is 12.5 Å². The zero-order valence-electron chi connectivity index (χ0n) is 13.3. The summed E-state index contributed by atoms with van der Waals surface area (Å²) in [5.41, 5.74) is 2.30. The number of carboxylic acid groups (broad SMARTS) is 1. The fourth-order valence-electron chi connectivity index (χ4n) is 2.49. The van der Waals surface area contributed by atoms with Crippen LogP contribution in [0.2, 0.25) is 0 Å². The van der Waals surface area contributed by atoms with Crippen molar-refractivity contribution in [2.75, 3.05) is 7.11 Å². The Labute approximate surface area is 134 Å². The van der Waals surface area contributed by atoms with Crippen LogP contribution in [0.15, 0.2) is 23.6 Å². The van der Waals surface area contributed by atoms with Crippen molar-refractivity contribution in [2.24, 2.45) is 0 Å². The van der Waals surface area contributed by atoms with Crippen LogP contribution in [0.1, 0.15) is 47.4 Å². The lowest BCUT2D eigenvalue weighted by molar-refractivity contribution is 0.0691. The third-order valence-electron chi connectivity index (χ3n) is 3.67. The Bertz CT molecular complexity index is 676. The number of thiazole rings is 1. The Hall–Kier alpha value is -1.88. The maximum atomic E-state index is 11.0. The van der Waals surface area contributed by atoms with Crippen molar-refractivity contribution in [1.82, 2.24) is 4.98 Å². The molecule has 1 aromatic carbocycles. The second kappa shape index (κ2) is 6.48. The van der Waals surface area contributed by atoms with Gasteiger partial charge in [0.15, 0.2) is 5.69 Å². The molecule has 5 heteroatoms. The Morgan fingerprint density at radius 3 is 2.68 bits per heavy atom. The molecule has 0 bridgehead atoms. The normalized spacial score (nSPS) is 11.5. The van der Waals surface area contributed by atoms with Crippen LogP contribution < -0.4 is 4.74 Å². The van der Waals surface area contributed by atoms with Crippen molar-refractivity contribution < 1.29 is 14.6 Å². The first-order chi connectivity index (χ1) is 10.4. The minimum absolute atomic E-state index is 0.122. The van der Waals surface area contributed by atoms with Gasteiger partial charge in [-0.25, -0.2) is 9.78 Å². The quantitative estimate of drug-likeness (QED) is 0.876. The Morgan fingerprint density at radius 2 is 2.14 bits per heavy atom. The molecule has 0 radical (unpaired) electrons. The van der Waals surface area contributed by atoms with Crippen LogP contribution in [0, 0.1) is 0 Å². The minimum atomic E-state index is -0.976. The van der Waals surface area contributed by atoms with Gasteiger partial charge in [-0.1, -0.05) is 32.9 Å². The average molecular weight is 319 g/mol. The molecule has 0 aliphatic heterocycles.